The van der Waals surface area contributed by atoms with E-state index in [9.17, 15) is 4.79 Å². The maximum absolute atomic E-state index is 11.4. The number of oxazole rings is 1. The molecule has 19 heavy (non-hydrogen) atoms. The summed E-state index contributed by atoms with van der Waals surface area (Å²) in [5, 5.41) is 6.50. The minimum atomic E-state index is -0.452. The van der Waals surface area contributed by atoms with Gasteiger partial charge in [-0.1, -0.05) is 6.92 Å². The Kier molecular flexibility index (Phi) is 4.42. The Hall–Kier alpha value is -1.56. The van der Waals surface area contributed by atoms with Crippen LogP contribution in [0.1, 0.15) is 37.2 Å². The Bertz CT molecular complexity index is 425. The van der Waals surface area contributed by atoms with Crippen molar-refractivity contribution in [2.24, 2.45) is 5.41 Å². The molecule has 6 nitrogen and oxygen atoms in total. The Morgan fingerprint density at radius 1 is 1.58 bits per heavy atom. The van der Waals surface area contributed by atoms with Gasteiger partial charge in [-0.25, -0.2) is 4.79 Å². The van der Waals surface area contributed by atoms with Gasteiger partial charge >= 0.3 is 5.97 Å². The Morgan fingerprint density at radius 3 is 3.00 bits per heavy atom. The van der Waals surface area contributed by atoms with Crippen LogP contribution in [0.2, 0.25) is 0 Å². The van der Waals surface area contributed by atoms with E-state index in [0.29, 0.717) is 12.6 Å². The molecule has 0 aliphatic carbocycles. The van der Waals surface area contributed by atoms with Crippen LogP contribution < -0.4 is 10.6 Å². The molecule has 0 spiro atoms. The fourth-order valence-electron chi connectivity index (χ4n) is 2.15. The summed E-state index contributed by atoms with van der Waals surface area (Å²) in [5.41, 5.74) is 0.448. The van der Waals surface area contributed by atoms with Crippen LogP contribution >= 0.6 is 0 Å². The van der Waals surface area contributed by atoms with Crippen molar-refractivity contribution in [2.75, 3.05) is 31.6 Å². The third-order valence-corrected chi connectivity index (χ3v) is 3.47. The molecule has 2 N–H and O–H groups in total. The van der Waals surface area contributed by atoms with E-state index < -0.39 is 5.97 Å². The lowest BCUT2D eigenvalue weighted by Gasteiger charge is -2.33. The second-order valence-corrected chi connectivity index (χ2v) is 5.17. The SMILES string of the molecule is CCOC(=O)c1coc(NCC2(C)CCNCC2)n1. The quantitative estimate of drug-likeness (QED) is 0.790. The van der Waals surface area contributed by atoms with Crippen LogP contribution in [0.4, 0.5) is 6.01 Å². The first-order valence-electron chi connectivity index (χ1n) is 6.70. The van der Waals surface area contributed by atoms with Crippen molar-refractivity contribution in [2.45, 2.75) is 26.7 Å². The number of carbonyl (C=O) groups excluding carboxylic acids is 1. The lowest BCUT2D eigenvalue weighted by atomic mass is 9.81. The highest BCUT2D eigenvalue weighted by Gasteiger charge is 2.27. The van der Waals surface area contributed by atoms with Crippen LogP contribution in [-0.2, 0) is 4.74 Å². The summed E-state index contributed by atoms with van der Waals surface area (Å²) >= 11 is 0. The second-order valence-electron chi connectivity index (χ2n) is 5.17. The van der Waals surface area contributed by atoms with E-state index in [1.165, 1.54) is 6.26 Å². The number of aromatic nitrogens is 1. The largest absolute Gasteiger partial charge is 0.461 e. The summed E-state index contributed by atoms with van der Waals surface area (Å²) in [7, 11) is 0. The summed E-state index contributed by atoms with van der Waals surface area (Å²) in [6, 6.07) is 0.378. The van der Waals surface area contributed by atoms with E-state index >= 15 is 0 Å². The van der Waals surface area contributed by atoms with Crippen molar-refractivity contribution < 1.29 is 13.9 Å². The molecule has 2 heterocycles. The van der Waals surface area contributed by atoms with Crippen LogP contribution in [0.3, 0.4) is 0 Å². The fourth-order valence-corrected chi connectivity index (χ4v) is 2.15. The second kappa shape index (κ2) is 6.06. The zero-order chi connectivity index (χ0) is 13.7. The van der Waals surface area contributed by atoms with Gasteiger partial charge in [0.05, 0.1) is 6.61 Å². The number of ether oxygens (including phenoxy) is 1. The monoisotopic (exact) mass is 267 g/mol. The molecular formula is C13H21N3O3. The predicted molar refractivity (Wildman–Crippen MR) is 71.2 cm³/mol. The van der Waals surface area contributed by atoms with Crippen LogP contribution in [0.5, 0.6) is 0 Å². The zero-order valence-corrected chi connectivity index (χ0v) is 11.5. The van der Waals surface area contributed by atoms with Gasteiger partial charge in [0.1, 0.15) is 6.26 Å². The first kappa shape index (κ1) is 13.9. The maximum Gasteiger partial charge on any atom is 0.360 e. The van der Waals surface area contributed by atoms with Gasteiger partial charge in [0.2, 0.25) is 0 Å². The van der Waals surface area contributed by atoms with Gasteiger partial charge in [-0.15, -0.1) is 0 Å². The predicted octanol–water partition coefficient (Wildman–Crippen LogP) is 1.65. The van der Waals surface area contributed by atoms with Crippen molar-refractivity contribution in [1.29, 1.82) is 0 Å². The van der Waals surface area contributed by atoms with Gasteiger partial charge in [0.25, 0.3) is 6.01 Å². The number of rotatable bonds is 5. The van der Waals surface area contributed by atoms with Crippen molar-refractivity contribution >= 4 is 12.0 Å². The minimum Gasteiger partial charge on any atom is -0.461 e. The molecular weight excluding hydrogens is 246 g/mol. The number of nitrogens with zero attached hydrogens (tertiary/aromatic N) is 1. The van der Waals surface area contributed by atoms with Crippen molar-refractivity contribution in [1.82, 2.24) is 10.3 Å². The van der Waals surface area contributed by atoms with Crippen molar-refractivity contribution in [3.05, 3.63) is 12.0 Å². The first-order valence-corrected chi connectivity index (χ1v) is 6.70. The van der Waals surface area contributed by atoms with Crippen LogP contribution in [0, 0.1) is 5.41 Å². The topological polar surface area (TPSA) is 76.4 Å². The minimum absolute atomic E-state index is 0.208. The van der Waals surface area contributed by atoms with Gasteiger partial charge in [-0.05, 0) is 38.3 Å². The molecule has 2 rings (SSSR count). The van der Waals surface area contributed by atoms with E-state index in [1.54, 1.807) is 6.92 Å². The molecule has 0 unspecified atom stereocenters. The molecule has 1 aromatic heterocycles. The van der Waals surface area contributed by atoms with Crippen molar-refractivity contribution in [3.63, 3.8) is 0 Å². The maximum atomic E-state index is 11.4. The van der Waals surface area contributed by atoms with Gasteiger partial charge in [-0.2, -0.15) is 4.98 Å². The molecule has 1 aliphatic rings. The Labute approximate surface area is 112 Å². The average molecular weight is 267 g/mol. The summed E-state index contributed by atoms with van der Waals surface area (Å²) in [5.74, 6) is -0.452. The summed E-state index contributed by atoms with van der Waals surface area (Å²) < 4.78 is 10.1. The molecule has 1 aromatic rings. The fraction of sp³-hybridized carbons (Fsp3) is 0.692. The Morgan fingerprint density at radius 2 is 2.32 bits per heavy atom. The number of carbonyl (C=O) groups is 1. The highest BCUT2D eigenvalue weighted by Crippen LogP contribution is 2.28. The van der Waals surface area contributed by atoms with Crippen LogP contribution in [0.25, 0.3) is 0 Å². The van der Waals surface area contributed by atoms with Crippen LogP contribution in [0.15, 0.2) is 10.7 Å². The molecule has 0 bridgehead atoms. The van der Waals surface area contributed by atoms with Gasteiger partial charge in [0.15, 0.2) is 5.69 Å². The molecule has 1 aliphatic heterocycles. The van der Waals surface area contributed by atoms with Crippen LogP contribution in [-0.4, -0.2) is 37.2 Å². The molecule has 0 saturated carbocycles. The summed E-state index contributed by atoms with van der Waals surface area (Å²) in [6.07, 6.45) is 3.56. The van der Waals surface area contributed by atoms with E-state index in [-0.39, 0.29) is 11.1 Å². The normalized spacial score (nSPS) is 18.0. The average Bonchev–Trinajstić information content (AvgIpc) is 2.87. The number of anilines is 1. The van der Waals surface area contributed by atoms with E-state index in [2.05, 4.69) is 22.5 Å². The smallest absolute Gasteiger partial charge is 0.360 e. The molecule has 0 atom stereocenters. The molecule has 0 amide bonds. The molecule has 1 saturated heterocycles. The molecule has 1 fully saturated rings. The number of hydrogen-bond acceptors (Lipinski definition) is 6. The highest BCUT2D eigenvalue weighted by molar-refractivity contribution is 5.87. The molecule has 6 heteroatoms. The van der Waals surface area contributed by atoms with E-state index in [0.717, 1.165) is 32.5 Å². The lowest BCUT2D eigenvalue weighted by molar-refractivity contribution is 0.0519. The van der Waals surface area contributed by atoms with Gasteiger partial charge in [-0.3, -0.25) is 0 Å². The third-order valence-electron chi connectivity index (χ3n) is 3.47. The number of esters is 1. The first-order chi connectivity index (χ1) is 9.13. The number of hydrogen-bond donors (Lipinski definition) is 2. The molecule has 0 radical (unpaired) electrons. The standard InChI is InChI=1S/C13H21N3O3/c1-3-18-11(17)10-8-19-12(16-10)15-9-13(2)4-6-14-7-5-13/h8,14H,3-7,9H2,1-2H3,(H,15,16). The van der Waals surface area contributed by atoms with Gasteiger partial charge < -0.3 is 19.8 Å². The lowest BCUT2D eigenvalue weighted by Crippen LogP contribution is -2.39. The van der Waals surface area contributed by atoms with Crippen molar-refractivity contribution in [3.8, 4) is 0 Å². The highest BCUT2D eigenvalue weighted by atomic mass is 16.5. The van der Waals surface area contributed by atoms with E-state index in [1.807, 2.05) is 0 Å². The Balaban J connectivity index is 1.87. The summed E-state index contributed by atoms with van der Waals surface area (Å²) in [6.45, 7) is 7.21. The number of piperidine rings is 1. The zero-order valence-electron chi connectivity index (χ0n) is 11.5. The van der Waals surface area contributed by atoms with E-state index in [4.69, 9.17) is 9.15 Å². The van der Waals surface area contributed by atoms with Gasteiger partial charge in [0, 0.05) is 6.54 Å². The third kappa shape index (κ3) is 3.70. The summed E-state index contributed by atoms with van der Waals surface area (Å²) in [4.78, 5) is 15.5. The molecule has 106 valence electrons. The molecule has 0 aromatic carbocycles. The number of nitrogens with one attached hydrogen (secondary N) is 2.